The van der Waals surface area contributed by atoms with E-state index in [1.165, 1.54) is 0 Å². The van der Waals surface area contributed by atoms with Crippen LogP contribution in [0.3, 0.4) is 0 Å². The van der Waals surface area contributed by atoms with Crippen molar-refractivity contribution in [1.82, 2.24) is 0 Å². The van der Waals surface area contributed by atoms with Crippen LogP contribution in [0.1, 0.15) is 24.5 Å². The molecule has 86 valence electrons. The van der Waals surface area contributed by atoms with Gasteiger partial charge >= 0.3 is 5.97 Å². The van der Waals surface area contributed by atoms with E-state index in [2.05, 4.69) is 0 Å². The van der Waals surface area contributed by atoms with Gasteiger partial charge in [-0.15, -0.1) is 0 Å². The lowest BCUT2D eigenvalue weighted by atomic mass is 10.00. The number of anilines is 1. The topological polar surface area (TPSA) is 76.2 Å². The number of carbonyl (C=O) groups is 1. The Hall–Kier alpha value is -1.84. The molecule has 4 nitrogen and oxygen atoms in total. The Morgan fingerprint density at radius 2 is 2.19 bits per heavy atom. The van der Waals surface area contributed by atoms with Crippen molar-refractivity contribution in [3.05, 3.63) is 29.3 Å². The van der Waals surface area contributed by atoms with Gasteiger partial charge in [-0.05, 0) is 25.5 Å². The molecule has 0 amide bonds. The molecule has 4 heteroatoms. The quantitative estimate of drug-likeness (QED) is 0.462. The van der Waals surface area contributed by atoms with Crippen molar-refractivity contribution in [2.75, 3.05) is 12.3 Å². The van der Waals surface area contributed by atoms with Crippen molar-refractivity contribution in [3.8, 4) is 0 Å². The summed E-state index contributed by atoms with van der Waals surface area (Å²) in [5.74, 6) is -0.393. The van der Waals surface area contributed by atoms with Gasteiger partial charge in [0.05, 0.1) is 18.7 Å². The Bertz CT molecular complexity index is 393. The second-order valence-corrected chi connectivity index (χ2v) is 3.50. The molecule has 0 aliphatic rings. The number of nitrogens with two attached hydrogens (primary N) is 1. The van der Waals surface area contributed by atoms with Gasteiger partial charge in [0.15, 0.2) is 0 Å². The third-order valence-electron chi connectivity index (χ3n) is 2.23. The minimum absolute atomic E-state index is 0.0388. The second kappa shape index (κ2) is 5.30. The third kappa shape index (κ3) is 2.82. The molecule has 0 aromatic heterocycles. The standard InChI is InChI=1S/C12H16N2O2/c1-3-16-11(15)7-10(14)12-8(2)5-4-6-9(12)13/h4-6,14H,3,7,13H2,1-2H3. The SMILES string of the molecule is CCOC(=O)CC(=N)c1c(C)cccc1N. The van der Waals surface area contributed by atoms with Crippen LogP contribution in [0.2, 0.25) is 0 Å². The van der Waals surface area contributed by atoms with Crippen LogP contribution in [-0.4, -0.2) is 18.3 Å². The van der Waals surface area contributed by atoms with Gasteiger partial charge in [-0.2, -0.15) is 0 Å². The van der Waals surface area contributed by atoms with E-state index in [9.17, 15) is 4.79 Å². The van der Waals surface area contributed by atoms with E-state index in [0.29, 0.717) is 17.9 Å². The Morgan fingerprint density at radius 1 is 1.50 bits per heavy atom. The Morgan fingerprint density at radius 3 is 2.75 bits per heavy atom. The summed E-state index contributed by atoms with van der Waals surface area (Å²) in [5.41, 5.74) is 8.04. The van der Waals surface area contributed by atoms with E-state index >= 15 is 0 Å². The first-order valence-electron chi connectivity index (χ1n) is 5.14. The number of hydrogen-bond acceptors (Lipinski definition) is 4. The summed E-state index contributed by atoms with van der Waals surface area (Å²) in [5, 5.41) is 7.84. The highest BCUT2D eigenvalue weighted by Crippen LogP contribution is 2.18. The predicted octanol–water partition coefficient (Wildman–Crippen LogP) is 1.90. The van der Waals surface area contributed by atoms with E-state index in [4.69, 9.17) is 15.9 Å². The monoisotopic (exact) mass is 220 g/mol. The number of hydrogen-bond donors (Lipinski definition) is 2. The molecule has 0 heterocycles. The van der Waals surface area contributed by atoms with Crippen molar-refractivity contribution in [3.63, 3.8) is 0 Å². The van der Waals surface area contributed by atoms with Crippen LogP contribution in [0.15, 0.2) is 18.2 Å². The van der Waals surface area contributed by atoms with Crippen LogP contribution >= 0.6 is 0 Å². The summed E-state index contributed by atoms with van der Waals surface area (Å²) in [6, 6.07) is 5.42. The summed E-state index contributed by atoms with van der Waals surface area (Å²) in [6.45, 7) is 3.93. The average molecular weight is 220 g/mol. The van der Waals surface area contributed by atoms with Crippen LogP contribution in [-0.2, 0) is 9.53 Å². The van der Waals surface area contributed by atoms with Crippen molar-refractivity contribution in [2.24, 2.45) is 0 Å². The lowest BCUT2D eigenvalue weighted by Gasteiger charge is -2.10. The summed E-state index contributed by atoms with van der Waals surface area (Å²) in [7, 11) is 0. The van der Waals surface area contributed by atoms with Crippen molar-refractivity contribution < 1.29 is 9.53 Å². The average Bonchev–Trinajstić information content (AvgIpc) is 2.17. The fourth-order valence-electron chi connectivity index (χ4n) is 1.55. The Labute approximate surface area is 94.9 Å². The number of nitrogen functional groups attached to an aromatic ring is 1. The molecule has 1 rings (SSSR count). The van der Waals surface area contributed by atoms with Crippen LogP contribution in [0.5, 0.6) is 0 Å². The molecule has 3 N–H and O–H groups in total. The normalized spacial score (nSPS) is 9.88. The highest BCUT2D eigenvalue weighted by molar-refractivity contribution is 6.11. The zero-order chi connectivity index (χ0) is 12.1. The molecular formula is C12H16N2O2. The van der Waals surface area contributed by atoms with Crippen molar-refractivity contribution in [1.29, 1.82) is 5.41 Å². The lowest BCUT2D eigenvalue weighted by Crippen LogP contribution is -2.14. The molecule has 0 atom stereocenters. The van der Waals surface area contributed by atoms with E-state index in [-0.39, 0.29) is 12.1 Å². The maximum Gasteiger partial charge on any atom is 0.311 e. The second-order valence-electron chi connectivity index (χ2n) is 3.50. The minimum Gasteiger partial charge on any atom is -0.466 e. The summed E-state index contributed by atoms with van der Waals surface area (Å²) >= 11 is 0. The fourth-order valence-corrected chi connectivity index (χ4v) is 1.55. The maximum absolute atomic E-state index is 11.2. The Balaban J connectivity index is 2.85. The Kier molecular flexibility index (Phi) is 4.05. The summed E-state index contributed by atoms with van der Waals surface area (Å²) in [4.78, 5) is 11.2. The van der Waals surface area contributed by atoms with Crippen LogP contribution in [0.4, 0.5) is 5.69 Å². The highest BCUT2D eigenvalue weighted by Gasteiger charge is 2.13. The lowest BCUT2D eigenvalue weighted by molar-refractivity contribution is -0.141. The molecule has 0 bridgehead atoms. The molecule has 1 aromatic rings. The van der Waals surface area contributed by atoms with Crippen LogP contribution in [0.25, 0.3) is 0 Å². The first kappa shape index (κ1) is 12.2. The van der Waals surface area contributed by atoms with E-state index in [1.54, 1.807) is 13.0 Å². The number of rotatable bonds is 4. The molecule has 0 aliphatic carbocycles. The molecule has 0 saturated heterocycles. The smallest absolute Gasteiger partial charge is 0.311 e. The third-order valence-corrected chi connectivity index (χ3v) is 2.23. The molecular weight excluding hydrogens is 204 g/mol. The van der Waals surface area contributed by atoms with Crippen LogP contribution < -0.4 is 5.73 Å². The first-order valence-corrected chi connectivity index (χ1v) is 5.14. The number of esters is 1. The summed E-state index contributed by atoms with van der Waals surface area (Å²) < 4.78 is 4.79. The zero-order valence-electron chi connectivity index (χ0n) is 9.54. The summed E-state index contributed by atoms with van der Waals surface area (Å²) in [6.07, 6.45) is -0.0388. The van der Waals surface area contributed by atoms with Gasteiger partial charge in [-0.3, -0.25) is 4.79 Å². The zero-order valence-corrected chi connectivity index (χ0v) is 9.54. The molecule has 16 heavy (non-hydrogen) atoms. The van der Waals surface area contributed by atoms with E-state index < -0.39 is 5.97 Å². The van der Waals surface area contributed by atoms with Gasteiger partial charge in [0, 0.05) is 11.3 Å². The number of ether oxygens (including phenoxy) is 1. The van der Waals surface area contributed by atoms with Gasteiger partial charge in [0.1, 0.15) is 0 Å². The van der Waals surface area contributed by atoms with Crippen molar-refractivity contribution >= 4 is 17.4 Å². The van der Waals surface area contributed by atoms with Crippen LogP contribution in [0, 0.1) is 12.3 Å². The largest absolute Gasteiger partial charge is 0.466 e. The molecule has 0 aliphatic heterocycles. The molecule has 0 saturated carbocycles. The first-order chi connectivity index (χ1) is 7.56. The molecule has 1 aromatic carbocycles. The van der Waals surface area contributed by atoms with Gasteiger partial charge in [0.25, 0.3) is 0 Å². The minimum atomic E-state index is -0.393. The number of benzene rings is 1. The van der Waals surface area contributed by atoms with E-state index in [0.717, 1.165) is 5.56 Å². The van der Waals surface area contributed by atoms with E-state index in [1.807, 2.05) is 19.1 Å². The van der Waals surface area contributed by atoms with Gasteiger partial charge in [-0.1, -0.05) is 12.1 Å². The van der Waals surface area contributed by atoms with Crippen molar-refractivity contribution in [2.45, 2.75) is 20.3 Å². The van der Waals surface area contributed by atoms with Gasteiger partial charge in [0.2, 0.25) is 0 Å². The molecule has 0 fully saturated rings. The van der Waals surface area contributed by atoms with Gasteiger partial charge in [-0.25, -0.2) is 0 Å². The molecule has 0 unspecified atom stereocenters. The highest BCUT2D eigenvalue weighted by atomic mass is 16.5. The fraction of sp³-hybridized carbons (Fsp3) is 0.333. The number of aryl methyl sites for hydroxylation is 1. The predicted molar refractivity (Wildman–Crippen MR) is 63.7 cm³/mol. The molecule has 0 radical (unpaired) electrons. The molecule has 0 spiro atoms. The number of carbonyl (C=O) groups excluding carboxylic acids is 1. The number of nitrogens with one attached hydrogen (secondary N) is 1. The maximum atomic E-state index is 11.2. The van der Waals surface area contributed by atoms with Gasteiger partial charge < -0.3 is 15.9 Å².